The highest BCUT2D eigenvalue weighted by Crippen LogP contribution is 2.27. The Kier molecular flexibility index (Phi) is 3.76. The van der Waals surface area contributed by atoms with Crippen LogP contribution in [0.4, 0.5) is 17.5 Å². The summed E-state index contributed by atoms with van der Waals surface area (Å²) in [5, 5.41) is 6.64. The molecule has 108 valence electrons. The second kappa shape index (κ2) is 5.70. The molecule has 3 heterocycles. The first kappa shape index (κ1) is 13.8. The topological polar surface area (TPSA) is 116 Å². The number of aromatic nitrogens is 4. The van der Waals surface area contributed by atoms with Crippen LogP contribution in [-0.4, -0.2) is 27.0 Å². The van der Waals surface area contributed by atoms with Gasteiger partial charge in [-0.25, -0.2) is 19.9 Å². The normalized spacial score (nSPS) is 10.9. The van der Waals surface area contributed by atoms with Gasteiger partial charge in [0.1, 0.15) is 28.1 Å². The number of hydrogen-bond donors (Lipinski definition) is 3. The predicted molar refractivity (Wildman–Crippen MR) is 87.4 cm³/mol. The number of rotatable bonds is 4. The van der Waals surface area contributed by atoms with Crippen molar-refractivity contribution in [1.29, 1.82) is 0 Å². The molecule has 0 aromatic carbocycles. The molecule has 5 N–H and O–H groups in total. The van der Waals surface area contributed by atoms with Gasteiger partial charge in [0.15, 0.2) is 5.16 Å². The van der Waals surface area contributed by atoms with Gasteiger partial charge >= 0.3 is 0 Å². The maximum Gasteiger partial charge on any atom is 0.191 e. The number of nitrogens with one attached hydrogen (secondary N) is 1. The van der Waals surface area contributed by atoms with E-state index in [-0.39, 0.29) is 0 Å². The van der Waals surface area contributed by atoms with Crippen molar-refractivity contribution in [3.05, 3.63) is 23.3 Å². The van der Waals surface area contributed by atoms with E-state index in [1.807, 2.05) is 18.5 Å². The van der Waals surface area contributed by atoms with Crippen LogP contribution in [0.3, 0.4) is 0 Å². The molecule has 0 unspecified atom stereocenters. The molecule has 3 aromatic heterocycles. The van der Waals surface area contributed by atoms with Crippen LogP contribution in [-0.2, 0) is 5.75 Å². The van der Waals surface area contributed by atoms with Gasteiger partial charge in [-0.1, -0.05) is 11.8 Å². The van der Waals surface area contributed by atoms with E-state index >= 15 is 0 Å². The molecular weight excluding hydrogens is 306 g/mol. The molecule has 0 saturated heterocycles. The van der Waals surface area contributed by atoms with Gasteiger partial charge < -0.3 is 16.8 Å². The van der Waals surface area contributed by atoms with E-state index in [1.54, 1.807) is 11.3 Å². The summed E-state index contributed by atoms with van der Waals surface area (Å²) in [6.07, 6.45) is 0. The third-order valence-electron chi connectivity index (χ3n) is 2.68. The van der Waals surface area contributed by atoms with Gasteiger partial charge in [0, 0.05) is 13.1 Å². The molecule has 21 heavy (non-hydrogen) atoms. The van der Waals surface area contributed by atoms with E-state index in [1.165, 1.54) is 17.8 Å². The Morgan fingerprint density at radius 1 is 1.19 bits per heavy atom. The second-order valence-corrected chi connectivity index (χ2v) is 6.00. The minimum absolute atomic E-state index is 0.357. The van der Waals surface area contributed by atoms with Crippen LogP contribution in [0.15, 0.2) is 22.7 Å². The number of nitrogens with two attached hydrogens (primary N) is 2. The number of thioether (sulfide) groups is 1. The Balaban J connectivity index is 1.84. The highest BCUT2D eigenvalue weighted by Gasteiger charge is 2.09. The van der Waals surface area contributed by atoms with E-state index in [2.05, 4.69) is 25.3 Å². The number of thiophene rings is 1. The minimum atomic E-state index is 0.357. The molecule has 0 atom stereocenters. The molecule has 0 fully saturated rings. The molecule has 0 saturated carbocycles. The maximum atomic E-state index is 5.65. The number of anilines is 3. The minimum Gasteiger partial charge on any atom is -0.383 e. The van der Waals surface area contributed by atoms with E-state index in [9.17, 15) is 0 Å². The van der Waals surface area contributed by atoms with Gasteiger partial charge in [-0.05, 0) is 11.4 Å². The zero-order valence-electron chi connectivity index (χ0n) is 11.2. The van der Waals surface area contributed by atoms with Gasteiger partial charge in [-0.15, -0.1) is 11.3 Å². The number of fused-ring (bicyclic) bond motifs is 1. The van der Waals surface area contributed by atoms with E-state index in [0.29, 0.717) is 28.4 Å². The summed E-state index contributed by atoms with van der Waals surface area (Å²) in [6, 6.07) is 3.53. The van der Waals surface area contributed by atoms with Crippen LogP contribution in [0.2, 0.25) is 0 Å². The van der Waals surface area contributed by atoms with Crippen LogP contribution in [0.1, 0.15) is 5.82 Å². The summed E-state index contributed by atoms with van der Waals surface area (Å²) in [5.41, 5.74) is 11.3. The van der Waals surface area contributed by atoms with Crippen molar-refractivity contribution in [3.63, 3.8) is 0 Å². The van der Waals surface area contributed by atoms with Crippen molar-refractivity contribution in [2.45, 2.75) is 10.9 Å². The average molecular weight is 319 g/mol. The standard InChI is InChI=1S/C12H13N7S2/c1-15-10-6-2-3-20-11(6)19-9(18-10)5-21-12-16-7(13)4-8(14)17-12/h2-4H,5H2,1H3,(H,15,18,19)(H4,13,14,16,17). The van der Waals surface area contributed by atoms with E-state index < -0.39 is 0 Å². The highest BCUT2D eigenvalue weighted by molar-refractivity contribution is 7.98. The summed E-state index contributed by atoms with van der Waals surface area (Å²) in [5.74, 6) is 2.80. The van der Waals surface area contributed by atoms with Crippen molar-refractivity contribution < 1.29 is 0 Å². The molecule has 0 aliphatic heterocycles. The SMILES string of the molecule is CNc1nc(CSc2nc(N)cc(N)n2)nc2sccc12. The molecular formula is C12H13N7S2. The molecule has 0 spiro atoms. The summed E-state index contributed by atoms with van der Waals surface area (Å²) in [4.78, 5) is 18.2. The fourth-order valence-electron chi connectivity index (χ4n) is 1.81. The van der Waals surface area contributed by atoms with Gasteiger partial charge in [-0.2, -0.15) is 0 Å². The Labute approximate surface area is 129 Å². The van der Waals surface area contributed by atoms with Crippen LogP contribution >= 0.6 is 23.1 Å². The van der Waals surface area contributed by atoms with Gasteiger partial charge in [0.05, 0.1) is 11.1 Å². The Morgan fingerprint density at radius 3 is 2.67 bits per heavy atom. The lowest BCUT2D eigenvalue weighted by Gasteiger charge is -2.05. The van der Waals surface area contributed by atoms with Crippen molar-refractivity contribution in [3.8, 4) is 0 Å². The quantitative estimate of drug-likeness (QED) is 0.494. The lowest BCUT2D eigenvalue weighted by Crippen LogP contribution is -2.01. The Bertz CT molecular complexity index is 766. The lowest BCUT2D eigenvalue weighted by molar-refractivity contribution is 0.977. The number of hydrogen-bond acceptors (Lipinski definition) is 9. The van der Waals surface area contributed by atoms with Crippen LogP contribution in [0.5, 0.6) is 0 Å². The Morgan fingerprint density at radius 2 is 1.95 bits per heavy atom. The summed E-state index contributed by atoms with van der Waals surface area (Å²) >= 11 is 2.99. The molecule has 9 heteroatoms. The molecule has 0 radical (unpaired) electrons. The van der Waals surface area contributed by atoms with Crippen molar-refractivity contribution in [1.82, 2.24) is 19.9 Å². The van der Waals surface area contributed by atoms with Gasteiger partial charge in [0.2, 0.25) is 0 Å². The summed E-state index contributed by atoms with van der Waals surface area (Å²) < 4.78 is 0. The van der Waals surface area contributed by atoms with E-state index in [0.717, 1.165) is 16.0 Å². The van der Waals surface area contributed by atoms with Crippen LogP contribution in [0, 0.1) is 0 Å². The first-order chi connectivity index (χ1) is 10.2. The zero-order chi connectivity index (χ0) is 14.8. The lowest BCUT2D eigenvalue weighted by atomic mass is 10.4. The monoisotopic (exact) mass is 319 g/mol. The molecule has 0 bridgehead atoms. The fraction of sp³-hybridized carbons (Fsp3) is 0.167. The fourth-order valence-corrected chi connectivity index (χ4v) is 3.32. The first-order valence-electron chi connectivity index (χ1n) is 6.10. The van der Waals surface area contributed by atoms with Crippen molar-refractivity contribution in [2.75, 3.05) is 23.8 Å². The molecule has 0 amide bonds. The third kappa shape index (κ3) is 2.98. The predicted octanol–water partition coefficient (Wildman–Crippen LogP) is 1.98. The summed E-state index contributed by atoms with van der Waals surface area (Å²) in [7, 11) is 1.85. The van der Waals surface area contributed by atoms with E-state index in [4.69, 9.17) is 11.5 Å². The molecule has 3 rings (SSSR count). The van der Waals surface area contributed by atoms with Gasteiger partial charge in [-0.3, -0.25) is 0 Å². The Hall–Kier alpha value is -2.13. The van der Waals surface area contributed by atoms with Crippen molar-refractivity contribution in [2.24, 2.45) is 0 Å². The van der Waals surface area contributed by atoms with Crippen LogP contribution < -0.4 is 16.8 Å². The molecule has 3 aromatic rings. The smallest absolute Gasteiger partial charge is 0.191 e. The largest absolute Gasteiger partial charge is 0.383 e. The highest BCUT2D eigenvalue weighted by atomic mass is 32.2. The molecule has 0 aliphatic carbocycles. The number of nitrogens with zero attached hydrogens (tertiary/aromatic N) is 4. The van der Waals surface area contributed by atoms with Crippen molar-refractivity contribution >= 4 is 50.8 Å². The average Bonchev–Trinajstić information content (AvgIpc) is 2.91. The molecule has 7 nitrogen and oxygen atoms in total. The molecule has 0 aliphatic rings. The third-order valence-corrected chi connectivity index (χ3v) is 4.33. The zero-order valence-corrected chi connectivity index (χ0v) is 12.8. The maximum absolute atomic E-state index is 5.65. The second-order valence-electron chi connectivity index (χ2n) is 4.17. The first-order valence-corrected chi connectivity index (χ1v) is 7.97. The number of nitrogen functional groups attached to an aromatic ring is 2. The van der Waals surface area contributed by atoms with Crippen LogP contribution in [0.25, 0.3) is 10.2 Å². The van der Waals surface area contributed by atoms with Gasteiger partial charge in [0.25, 0.3) is 0 Å². The summed E-state index contributed by atoms with van der Waals surface area (Å²) in [6.45, 7) is 0.